The molecular formula is C6H12Br. The lowest BCUT2D eigenvalue weighted by atomic mass is 10.1. The molecule has 0 aliphatic rings. The second-order valence-corrected chi connectivity index (χ2v) is 4.47. The van der Waals surface area contributed by atoms with Gasteiger partial charge in [0.1, 0.15) is 0 Å². The Hall–Kier alpha value is 0.480. The van der Waals surface area contributed by atoms with Gasteiger partial charge in [0, 0.05) is 4.32 Å². The van der Waals surface area contributed by atoms with Crippen molar-refractivity contribution in [3.63, 3.8) is 0 Å². The highest BCUT2D eigenvalue weighted by Crippen LogP contribution is 2.21. The fraction of sp³-hybridized carbons (Fsp3) is 0.833. The van der Waals surface area contributed by atoms with Crippen LogP contribution < -0.4 is 0 Å². The molecule has 0 spiro atoms. The van der Waals surface area contributed by atoms with Crippen LogP contribution in [0.4, 0.5) is 0 Å². The van der Waals surface area contributed by atoms with Crippen LogP contribution in [0.15, 0.2) is 0 Å². The Balaban J connectivity index is 3.15. The van der Waals surface area contributed by atoms with Crippen LogP contribution in [0.1, 0.15) is 26.7 Å². The first-order valence-corrected chi connectivity index (χ1v) is 3.34. The van der Waals surface area contributed by atoms with Gasteiger partial charge in [-0.2, -0.15) is 0 Å². The Morgan fingerprint density at radius 2 is 2.00 bits per heavy atom. The van der Waals surface area contributed by atoms with Gasteiger partial charge in [-0.05, 0) is 6.42 Å². The van der Waals surface area contributed by atoms with Crippen molar-refractivity contribution in [1.29, 1.82) is 0 Å². The Bertz CT molecular complexity index is 42.6. The van der Waals surface area contributed by atoms with Crippen molar-refractivity contribution >= 4 is 15.9 Å². The molecule has 0 fully saturated rings. The Morgan fingerprint density at radius 1 is 1.57 bits per heavy atom. The molecule has 0 atom stereocenters. The number of rotatable bonds is 2. The Labute approximate surface area is 54.4 Å². The second-order valence-electron chi connectivity index (χ2n) is 2.32. The molecule has 0 saturated carbocycles. The molecule has 1 radical (unpaired) electrons. The third-order valence-corrected chi connectivity index (χ3v) is 1.17. The SMILES string of the molecule is [CH2]CCC(C)(C)Br. The minimum absolute atomic E-state index is 0.300. The molecule has 0 nitrogen and oxygen atoms in total. The zero-order valence-corrected chi connectivity index (χ0v) is 6.59. The Morgan fingerprint density at radius 3 is 2.00 bits per heavy atom. The average Bonchev–Trinajstić information content (AvgIpc) is 1.30. The normalized spacial score (nSPS) is 12.0. The number of hydrogen-bond acceptors (Lipinski definition) is 0. The number of hydrogen-bond donors (Lipinski definition) is 0. The van der Waals surface area contributed by atoms with Crippen LogP contribution in [0.25, 0.3) is 0 Å². The van der Waals surface area contributed by atoms with E-state index >= 15 is 0 Å². The van der Waals surface area contributed by atoms with E-state index in [1.54, 1.807) is 0 Å². The summed E-state index contributed by atoms with van der Waals surface area (Å²) >= 11 is 3.50. The lowest BCUT2D eigenvalue weighted by Gasteiger charge is -2.12. The maximum Gasteiger partial charge on any atom is 0.0201 e. The molecule has 0 aromatic rings. The monoisotopic (exact) mass is 163 g/mol. The van der Waals surface area contributed by atoms with Crippen LogP contribution in [0.3, 0.4) is 0 Å². The third-order valence-electron chi connectivity index (χ3n) is 0.771. The topological polar surface area (TPSA) is 0 Å². The summed E-state index contributed by atoms with van der Waals surface area (Å²) in [6.45, 7) is 8.04. The smallest absolute Gasteiger partial charge is 0.0201 e. The molecule has 0 rings (SSSR count). The van der Waals surface area contributed by atoms with E-state index in [9.17, 15) is 0 Å². The molecule has 0 N–H and O–H groups in total. The van der Waals surface area contributed by atoms with Gasteiger partial charge < -0.3 is 0 Å². The second kappa shape index (κ2) is 2.71. The van der Waals surface area contributed by atoms with E-state index in [0.29, 0.717) is 4.32 Å². The van der Waals surface area contributed by atoms with Gasteiger partial charge in [-0.1, -0.05) is 43.1 Å². The van der Waals surface area contributed by atoms with E-state index in [1.165, 1.54) is 0 Å². The van der Waals surface area contributed by atoms with Gasteiger partial charge in [0.15, 0.2) is 0 Å². The summed E-state index contributed by atoms with van der Waals surface area (Å²) < 4.78 is 0.300. The molecule has 0 bridgehead atoms. The predicted octanol–water partition coefficient (Wildman–Crippen LogP) is 2.77. The highest BCUT2D eigenvalue weighted by atomic mass is 79.9. The first kappa shape index (κ1) is 7.48. The van der Waals surface area contributed by atoms with Crippen LogP contribution in [0.2, 0.25) is 0 Å². The molecule has 0 aliphatic heterocycles. The molecule has 0 heterocycles. The average molecular weight is 164 g/mol. The quantitative estimate of drug-likeness (QED) is 0.550. The molecule has 1 heteroatoms. The lowest BCUT2D eigenvalue weighted by molar-refractivity contribution is 0.661. The summed E-state index contributed by atoms with van der Waals surface area (Å²) in [5, 5.41) is 0. The summed E-state index contributed by atoms with van der Waals surface area (Å²) in [5.74, 6) is 0. The molecule has 0 aromatic heterocycles. The molecule has 7 heavy (non-hydrogen) atoms. The van der Waals surface area contributed by atoms with Crippen molar-refractivity contribution in [2.75, 3.05) is 0 Å². The zero-order chi connectivity index (χ0) is 5.91. The van der Waals surface area contributed by atoms with Gasteiger partial charge in [-0.3, -0.25) is 0 Å². The summed E-state index contributed by atoms with van der Waals surface area (Å²) in [4.78, 5) is 0. The third kappa shape index (κ3) is 6.48. The minimum atomic E-state index is 0.300. The van der Waals surface area contributed by atoms with Gasteiger partial charge in [0.25, 0.3) is 0 Å². The van der Waals surface area contributed by atoms with Crippen LogP contribution >= 0.6 is 15.9 Å². The molecule has 0 saturated heterocycles. The van der Waals surface area contributed by atoms with Crippen LogP contribution in [0.5, 0.6) is 0 Å². The molecule has 43 valence electrons. The van der Waals surface area contributed by atoms with E-state index in [-0.39, 0.29) is 0 Å². The van der Waals surface area contributed by atoms with Crippen LogP contribution in [0, 0.1) is 6.92 Å². The maximum atomic E-state index is 3.74. The van der Waals surface area contributed by atoms with E-state index < -0.39 is 0 Å². The van der Waals surface area contributed by atoms with Gasteiger partial charge in [0.2, 0.25) is 0 Å². The van der Waals surface area contributed by atoms with Gasteiger partial charge in [-0.15, -0.1) is 0 Å². The van der Waals surface area contributed by atoms with Crippen molar-refractivity contribution in [1.82, 2.24) is 0 Å². The highest BCUT2D eigenvalue weighted by Gasteiger charge is 2.08. The maximum absolute atomic E-state index is 3.74. The minimum Gasteiger partial charge on any atom is -0.0859 e. The first-order valence-electron chi connectivity index (χ1n) is 2.54. The lowest BCUT2D eigenvalue weighted by Crippen LogP contribution is -2.06. The van der Waals surface area contributed by atoms with Crippen molar-refractivity contribution in [2.45, 2.75) is 31.0 Å². The van der Waals surface area contributed by atoms with E-state index in [2.05, 4.69) is 36.7 Å². The largest absolute Gasteiger partial charge is 0.0859 e. The van der Waals surface area contributed by atoms with E-state index in [1.807, 2.05) is 0 Å². The van der Waals surface area contributed by atoms with Crippen molar-refractivity contribution in [3.8, 4) is 0 Å². The summed E-state index contributed by atoms with van der Waals surface area (Å²) in [7, 11) is 0. The predicted molar refractivity (Wildman–Crippen MR) is 37.6 cm³/mol. The van der Waals surface area contributed by atoms with Crippen molar-refractivity contribution < 1.29 is 0 Å². The van der Waals surface area contributed by atoms with Crippen molar-refractivity contribution in [2.24, 2.45) is 0 Å². The van der Waals surface area contributed by atoms with Crippen LogP contribution in [-0.4, -0.2) is 4.32 Å². The zero-order valence-electron chi connectivity index (χ0n) is 5.00. The Kier molecular flexibility index (Phi) is 2.89. The molecule has 0 unspecified atom stereocenters. The van der Waals surface area contributed by atoms with Crippen LogP contribution in [-0.2, 0) is 0 Å². The highest BCUT2D eigenvalue weighted by molar-refractivity contribution is 9.10. The van der Waals surface area contributed by atoms with Gasteiger partial charge in [0.05, 0.1) is 0 Å². The van der Waals surface area contributed by atoms with Crippen molar-refractivity contribution in [3.05, 3.63) is 6.92 Å². The van der Waals surface area contributed by atoms with E-state index in [4.69, 9.17) is 0 Å². The number of halogens is 1. The fourth-order valence-electron chi connectivity index (χ4n) is 0.420. The standard InChI is InChI=1S/C6H12Br/c1-4-5-6(2,3)7/h1,4-5H2,2-3H3. The number of alkyl halides is 1. The molecule has 0 amide bonds. The van der Waals surface area contributed by atoms with Gasteiger partial charge >= 0.3 is 0 Å². The first-order chi connectivity index (χ1) is 3.06. The van der Waals surface area contributed by atoms with E-state index in [0.717, 1.165) is 12.8 Å². The molecule has 0 aliphatic carbocycles. The summed E-state index contributed by atoms with van der Waals surface area (Å²) in [5.41, 5.74) is 0. The molecular weight excluding hydrogens is 152 g/mol. The van der Waals surface area contributed by atoms with Gasteiger partial charge in [-0.25, -0.2) is 0 Å². The summed E-state index contributed by atoms with van der Waals surface area (Å²) in [6, 6.07) is 0. The summed E-state index contributed by atoms with van der Waals surface area (Å²) in [6.07, 6.45) is 2.16. The molecule has 0 aromatic carbocycles. The fourth-order valence-corrected chi connectivity index (χ4v) is 0.701.